The average molecular weight is 171 g/mol. The van der Waals surface area contributed by atoms with Gasteiger partial charge in [0.2, 0.25) is 6.41 Å². The van der Waals surface area contributed by atoms with Crippen molar-refractivity contribution in [3.8, 4) is 0 Å². The maximum Gasteiger partial charge on any atom is 0.211 e. The number of benzene rings is 1. The van der Waals surface area contributed by atoms with Crippen LogP contribution in [0, 0.1) is 0 Å². The second-order valence-corrected chi connectivity index (χ2v) is 2.41. The second kappa shape index (κ2) is 3.25. The molecule has 0 atom stereocenters. The van der Waals surface area contributed by atoms with Crippen molar-refractivity contribution in [1.82, 2.24) is 0 Å². The third-order valence-corrected chi connectivity index (χ3v) is 1.57. The van der Waals surface area contributed by atoms with Gasteiger partial charge in [-0.15, -0.1) is 0 Å². The molecule has 0 saturated heterocycles. The van der Waals surface area contributed by atoms with Crippen molar-refractivity contribution in [2.24, 2.45) is 0 Å². The zero-order valence-electron chi connectivity index (χ0n) is 5.67. The van der Waals surface area contributed by atoms with Crippen LogP contribution in [0.1, 0.15) is 0 Å². The number of halogens is 1. The molecule has 0 aromatic heterocycles. The summed E-state index contributed by atoms with van der Waals surface area (Å²) in [6.45, 7) is 0. The first-order valence-corrected chi connectivity index (χ1v) is 3.37. The highest BCUT2D eigenvalue weighted by Crippen LogP contribution is 2.21. The van der Waals surface area contributed by atoms with Gasteiger partial charge in [0.15, 0.2) is 0 Å². The van der Waals surface area contributed by atoms with Gasteiger partial charge in [-0.25, -0.2) is 0 Å². The van der Waals surface area contributed by atoms with Crippen LogP contribution >= 0.6 is 11.6 Å². The molecule has 0 aliphatic carbocycles. The molecule has 58 valence electrons. The number of carbonyl (C=O) groups excluding carboxylic acids is 1. The Labute approximate surface area is 69.2 Å². The molecule has 3 N–H and O–H groups in total. The second-order valence-electron chi connectivity index (χ2n) is 2.00. The van der Waals surface area contributed by atoms with E-state index in [2.05, 4.69) is 5.32 Å². The molecule has 1 aromatic rings. The third-order valence-electron chi connectivity index (χ3n) is 1.22. The van der Waals surface area contributed by atoms with Crippen LogP contribution in [0.5, 0.6) is 0 Å². The van der Waals surface area contributed by atoms with Crippen molar-refractivity contribution < 1.29 is 4.79 Å². The van der Waals surface area contributed by atoms with Crippen molar-refractivity contribution in [3.05, 3.63) is 23.2 Å². The number of nitrogen functional groups attached to an aromatic ring is 1. The fraction of sp³-hybridized carbons (Fsp3) is 0. The Morgan fingerprint density at radius 3 is 2.82 bits per heavy atom. The summed E-state index contributed by atoms with van der Waals surface area (Å²) in [6, 6.07) is 4.90. The minimum atomic E-state index is 0.457. The van der Waals surface area contributed by atoms with E-state index < -0.39 is 0 Å². The quantitative estimate of drug-likeness (QED) is 0.522. The number of anilines is 2. The predicted octanol–water partition coefficient (Wildman–Crippen LogP) is 1.49. The van der Waals surface area contributed by atoms with Crippen LogP contribution in [0.4, 0.5) is 11.4 Å². The maximum absolute atomic E-state index is 9.99. The Balaban J connectivity index is 2.95. The molecule has 1 rings (SSSR count). The average Bonchev–Trinajstić information content (AvgIpc) is 1.98. The van der Waals surface area contributed by atoms with E-state index in [1.807, 2.05) is 0 Å². The van der Waals surface area contributed by atoms with E-state index in [9.17, 15) is 4.79 Å². The van der Waals surface area contributed by atoms with Gasteiger partial charge >= 0.3 is 0 Å². The summed E-state index contributed by atoms with van der Waals surface area (Å²) in [7, 11) is 0. The molecule has 4 heteroatoms. The molecule has 1 amide bonds. The van der Waals surface area contributed by atoms with Crippen LogP contribution in [0.15, 0.2) is 18.2 Å². The highest BCUT2D eigenvalue weighted by atomic mass is 35.5. The van der Waals surface area contributed by atoms with E-state index in [4.69, 9.17) is 17.3 Å². The number of rotatable bonds is 2. The minimum absolute atomic E-state index is 0.457. The summed E-state index contributed by atoms with van der Waals surface area (Å²) in [6.07, 6.45) is 0.586. The molecule has 0 radical (unpaired) electrons. The lowest BCUT2D eigenvalue weighted by Gasteiger charge is -2.00. The molecular weight excluding hydrogens is 164 g/mol. The van der Waals surface area contributed by atoms with E-state index in [1.54, 1.807) is 18.2 Å². The number of nitrogens with one attached hydrogen (secondary N) is 1. The highest BCUT2D eigenvalue weighted by Gasteiger charge is 1.95. The molecular formula is C7H7ClN2O. The molecule has 0 aliphatic heterocycles. The Kier molecular flexibility index (Phi) is 2.33. The van der Waals surface area contributed by atoms with Crippen molar-refractivity contribution in [1.29, 1.82) is 0 Å². The van der Waals surface area contributed by atoms with Gasteiger partial charge in [-0.05, 0) is 18.2 Å². The van der Waals surface area contributed by atoms with Crippen LogP contribution in [0.2, 0.25) is 5.02 Å². The fourth-order valence-electron chi connectivity index (χ4n) is 0.702. The normalized spacial score (nSPS) is 9.18. The third kappa shape index (κ3) is 1.85. The van der Waals surface area contributed by atoms with Crippen LogP contribution in [-0.4, -0.2) is 6.41 Å². The molecule has 1 aromatic carbocycles. The van der Waals surface area contributed by atoms with E-state index in [0.29, 0.717) is 22.8 Å². The topological polar surface area (TPSA) is 55.1 Å². The number of nitrogens with two attached hydrogens (primary N) is 1. The van der Waals surface area contributed by atoms with E-state index in [1.165, 1.54) is 0 Å². The number of hydrogen-bond acceptors (Lipinski definition) is 2. The van der Waals surface area contributed by atoms with Crippen LogP contribution < -0.4 is 11.1 Å². The van der Waals surface area contributed by atoms with Gasteiger partial charge in [0, 0.05) is 5.69 Å². The standard InChI is InChI=1S/C7H7ClN2O/c8-6-2-1-5(10-4-11)3-7(6)9/h1-4H,9H2,(H,10,11). The van der Waals surface area contributed by atoms with Gasteiger partial charge < -0.3 is 11.1 Å². The summed E-state index contributed by atoms with van der Waals surface area (Å²) in [5, 5.41) is 2.94. The highest BCUT2D eigenvalue weighted by molar-refractivity contribution is 6.33. The predicted molar refractivity (Wildman–Crippen MR) is 45.6 cm³/mol. The lowest BCUT2D eigenvalue weighted by molar-refractivity contribution is -0.105. The van der Waals surface area contributed by atoms with Gasteiger partial charge in [0.05, 0.1) is 10.7 Å². The fourth-order valence-corrected chi connectivity index (χ4v) is 0.819. The van der Waals surface area contributed by atoms with Crippen molar-refractivity contribution in [3.63, 3.8) is 0 Å². The summed E-state index contributed by atoms with van der Waals surface area (Å²) in [5.74, 6) is 0. The number of carbonyl (C=O) groups is 1. The Morgan fingerprint density at radius 2 is 2.27 bits per heavy atom. The molecule has 0 spiro atoms. The molecule has 0 saturated carbocycles. The van der Waals surface area contributed by atoms with Gasteiger partial charge in [0.25, 0.3) is 0 Å². The molecule has 0 heterocycles. The van der Waals surface area contributed by atoms with Gasteiger partial charge in [-0.3, -0.25) is 4.79 Å². The first kappa shape index (κ1) is 7.88. The lowest BCUT2D eigenvalue weighted by atomic mass is 10.3. The van der Waals surface area contributed by atoms with Crippen LogP contribution in [0.25, 0.3) is 0 Å². The molecule has 11 heavy (non-hydrogen) atoms. The summed E-state index contributed by atoms with van der Waals surface area (Å²) in [4.78, 5) is 9.99. The van der Waals surface area contributed by atoms with Crippen LogP contribution in [-0.2, 0) is 4.79 Å². The van der Waals surface area contributed by atoms with E-state index in [-0.39, 0.29) is 0 Å². The molecule has 3 nitrogen and oxygen atoms in total. The monoisotopic (exact) mass is 170 g/mol. The summed E-state index contributed by atoms with van der Waals surface area (Å²) < 4.78 is 0. The molecule has 0 fully saturated rings. The number of amides is 1. The maximum atomic E-state index is 9.99. The van der Waals surface area contributed by atoms with E-state index in [0.717, 1.165) is 0 Å². The summed E-state index contributed by atoms with van der Waals surface area (Å²) in [5.41, 5.74) is 6.56. The van der Waals surface area contributed by atoms with Crippen molar-refractivity contribution in [2.75, 3.05) is 11.1 Å². The molecule has 0 bridgehead atoms. The van der Waals surface area contributed by atoms with Crippen molar-refractivity contribution in [2.45, 2.75) is 0 Å². The van der Waals surface area contributed by atoms with Gasteiger partial charge in [-0.2, -0.15) is 0 Å². The Morgan fingerprint density at radius 1 is 1.55 bits per heavy atom. The largest absolute Gasteiger partial charge is 0.397 e. The molecule has 0 aliphatic rings. The van der Waals surface area contributed by atoms with Gasteiger partial charge in [-0.1, -0.05) is 11.6 Å². The smallest absolute Gasteiger partial charge is 0.211 e. The number of hydrogen-bond donors (Lipinski definition) is 2. The summed E-state index contributed by atoms with van der Waals surface area (Å²) >= 11 is 5.64. The Bertz CT molecular complexity index is 275. The molecule has 0 unspecified atom stereocenters. The van der Waals surface area contributed by atoms with Gasteiger partial charge in [0.1, 0.15) is 0 Å². The Hall–Kier alpha value is -1.22. The first-order chi connectivity index (χ1) is 5.24. The zero-order chi connectivity index (χ0) is 8.27. The lowest BCUT2D eigenvalue weighted by Crippen LogP contribution is -1.95. The minimum Gasteiger partial charge on any atom is -0.397 e. The SMILES string of the molecule is Nc1cc(NC=O)ccc1Cl. The van der Waals surface area contributed by atoms with Crippen molar-refractivity contribution >= 4 is 29.4 Å². The first-order valence-electron chi connectivity index (χ1n) is 2.99. The van der Waals surface area contributed by atoms with E-state index >= 15 is 0 Å². The zero-order valence-corrected chi connectivity index (χ0v) is 6.43. The van der Waals surface area contributed by atoms with Crippen LogP contribution in [0.3, 0.4) is 0 Å².